The lowest BCUT2D eigenvalue weighted by atomic mass is 9.91. The number of nitrogens with zero attached hydrogens (tertiary/aromatic N) is 3. The maximum Gasteiger partial charge on any atom is 0.169 e. The molecule has 9 heteroatoms. The number of hydrogen-bond donors (Lipinski definition) is 3. The van der Waals surface area contributed by atoms with Crippen LogP contribution < -0.4 is 10.6 Å². The molecule has 2 aromatic carbocycles. The summed E-state index contributed by atoms with van der Waals surface area (Å²) in [5, 5.41) is 22.7. The van der Waals surface area contributed by atoms with Crippen molar-refractivity contribution in [2.75, 3.05) is 12.4 Å². The van der Waals surface area contributed by atoms with E-state index in [0.717, 1.165) is 71.9 Å². The third-order valence-corrected chi connectivity index (χ3v) is 8.36. The second kappa shape index (κ2) is 10.2. The van der Waals surface area contributed by atoms with Crippen LogP contribution in [0.3, 0.4) is 0 Å². The number of rotatable bonds is 7. The predicted octanol–water partition coefficient (Wildman–Crippen LogP) is 7.15. The molecule has 2 aromatic heterocycles. The number of pyridine rings is 1. The molecule has 0 radical (unpaired) electrons. The fourth-order valence-corrected chi connectivity index (χ4v) is 5.85. The molecule has 0 aliphatic heterocycles. The van der Waals surface area contributed by atoms with E-state index < -0.39 is 0 Å². The lowest BCUT2D eigenvalue weighted by molar-refractivity contribution is 0.0968. The molecule has 6 rings (SSSR count). The SMILES string of the molecule is CNC1CCC(n2cc(Nc3c(C(=O)C4CC4)cnc4ccc(-c5cc(Cl)c(O)c(Cl)c5)cc34)cn2)CC1. The Bertz CT molecular complexity index is 1500. The molecule has 0 bridgehead atoms. The number of carbonyl (C=O) groups excluding carboxylic acids is 1. The van der Waals surface area contributed by atoms with E-state index in [0.29, 0.717) is 17.6 Å². The minimum Gasteiger partial charge on any atom is -0.505 e. The number of aromatic hydroxyl groups is 1. The van der Waals surface area contributed by atoms with E-state index in [1.165, 1.54) is 0 Å². The number of halogens is 2. The van der Waals surface area contributed by atoms with Gasteiger partial charge < -0.3 is 15.7 Å². The van der Waals surface area contributed by atoms with Crippen molar-refractivity contribution in [2.45, 2.75) is 50.6 Å². The Hall–Kier alpha value is -3.13. The molecule has 2 aliphatic rings. The van der Waals surface area contributed by atoms with Crippen LogP contribution in [0, 0.1) is 5.92 Å². The molecule has 0 spiro atoms. The first-order valence-corrected chi connectivity index (χ1v) is 13.8. The molecule has 0 amide bonds. The van der Waals surface area contributed by atoms with Gasteiger partial charge in [0.1, 0.15) is 0 Å². The maximum atomic E-state index is 13.3. The number of aromatic nitrogens is 3. The standard InChI is InChI=1S/C29H29Cl2N5O2/c1-32-19-5-7-21(8-6-19)36-15-20(13-34-36)35-27-22-10-17(18-11-24(30)29(38)25(31)12-18)4-9-26(22)33-14-23(27)28(37)16-2-3-16/h4,9-16,19,21,32,38H,2-3,5-8H2,1H3,(H,33,35). The Morgan fingerprint density at radius 1 is 1.00 bits per heavy atom. The van der Waals surface area contributed by atoms with E-state index in [9.17, 15) is 9.90 Å². The number of hydrogen-bond acceptors (Lipinski definition) is 6. The van der Waals surface area contributed by atoms with Crippen molar-refractivity contribution >= 4 is 51.3 Å². The van der Waals surface area contributed by atoms with E-state index in [-0.39, 0.29) is 27.5 Å². The van der Waals surface area contributed by atoms with E-state index in [1.54, 1.807) is 18.3 Å². The normalized spacial score (nSPS) is 19.6. The summed E-state index contributed by atoms with van der Waals surface area (Å²) in [6.45, 7) is 0. The van der Waals surface area contributed by atoms with E-state index in [2.05, 4.69) is 20.7 Å². The Labute approximate surface area is 231 Å². The Morgan fingerprint density at radius 2 is 1.74 bits per heavy atom. The summed E-state index contributed by atoms with van der Waals surface area (Å²) in [7, 11) is 2.02. The molecule has 0 unspecified atom stereocenters. The minimum atomic E-state index is -0.143. The zero-order valence-electron chi connectivity index (χ0n) is 21.0. The van der Waals surface area contributed by atoms with Crippen molar-refractivity contribution in [3.63, 3.8) is 0 Å². The van der Waals surface area contributed by atoms with Crippen LogP contribution in [0.1, 0.15) is 54.9 Å². The summed E-state index contributed by atoms with van der Waals surface area (Å²) in [5.74, 6) is 0.0225. The molecule has 2 fully saturated rings. The number of ketones is 1. The fourth-order valence-electron chi connectivity index (χ4n) is 5.37. The molecule has 0 saturated heterocycles. The van der Waals surface area contributed by atoms with Gasteiger partial charge in [0.15, 0.2) is 11.5 Å². The minimum absolute atomic E-state index is 0.0535. The monoisotopic (exact) mass is 549 g/mol. The summed E-state index contributed by atoms with van der Waals surface area (Å²) in [5.41, 5.74) is 4.51. The number of fused-ring (bicyclic) bond motifs is 1. The van der Waals surface area contributed by atoms with Gasteiger partial charge in [-0.1, -0.05) is 29.3 Å². The van der Waals surface area contributed by atoms with Gasteiger partial charge in [-0.15, -0.1) is 0 Å². The van der Waals surface area contributed by atoms with Crippen molar-refractivity contribution in [1.29, 1.82) is 0 Å². The van der Waals surface area contributed by atoms with Crippen molar-refractivity contribution in [2.24, 2.45) is 5.92 Å². The fraction of sp³-hybridized carbons (Fsp3) is 0.345. The summed E-state index contributed by atoms with van der Waals surface area (Å²) in [6, 6.07) is 10.1. The predicted molar refractivity (Wildman–Crippen MR) is 152 cm³/mol. The zero-order valence-corrected chi connectivity index (χ0v) is 22.6. The van der Waals surface area contributed by atoms with Crippen molar-refractivity contribution in [3.05, 3.63) is 64.5 Å². The highest BCUT2D eigenvalue weighted by molar-refractivity contribution is 6.37. The number of benzene rings is 2. The van der Waals surface area contributed by atoms with Crippen LogP contribution in [-0.2, 0) is 0 Å². The molecular weight excluding hydrogens is 521 g/mol. The van der Waals surface area contributed by atoms with Gasteiger partial charge in [-0.2, -0.15) is 5.10 Å². The number of phenols is 1. The van der Waals surface area contributed by atoms with Gasteiger partial charge in [0.05, 0.1) is 44.7 Å². The number of phenolic OH excluding ortho intramolecular Hbond substituents is 1. The highest BCUT2D eigenvalue weighted by Crippen LogP contribution is 2.41. The van der Waals surface area contributed by atoms with E-state index >= 15 is 0 Å². The third-order valence-electron chi connectivity index (χ3n) is 7.78. The molecule has 196 valence electrons. The molecule has 2 aliphatic carbocycles. The first-order chi connectivity index (χ1) is 18.4. The van der Waals surface area contributed by atoms with Crippen LogP contribution in [0.4, 0.5) is 11.4 Å². The Kier molecular flexibility index (Phi) is 6.76. The maximum absolute atomic E-state index is 13.3. The van der Waals surface area contributed by atoms with Gasteiger partial charge in [0, 0.05) is 29.7 Å². The molecule has 7 nitrogen and oxygen atoms in total. The van der Waals surface area contributed by atoms with Crippen LogP contribution in [0.5, 0.6) is 5.75 Å². The summed E-state index contributed by atoms with van der Waals surface area (Å²) in [4.78, 5) is 17.9. The largest absolute Gasteiger partial charge is 0.505 e. The van der Waals surface area contributed by atoms with Gasteiger partial charge >= 0.3 is 0 Å². The van der Waals surface area contributed by atoms with E-state index in [1.807, 2.05) is 42.3 Å². The van der Waals surface area contributed by atoms with Crippen molar-refractivity contribution in [1.82, 2.24) is 20.1 Å². The van der Waals surface area contributed by atoms with Gasteiger partial charge in [-0.3, -0.25) is 14.5 Å². The molecule has 2 saturated carbocycles. The average Bonchev–Trinajstić information content (AvgIpc) is 3.69. The summed E-state index contributed by atoms with van der Waals surface area (Å²) in [6.07, 6.45) is 11.8. The molecule has 3 N–H and O–H groups in total. The highest BCUT2D eigenvalue weighted by atomic mass is 35.5. The van der Waals surface area contributed by atoms with Gasteiger partial charge in [-0.05, 0) is 81.0 Å². The van der Waals surface area contributed by atoms with Gasteiger partial charge in [-0.25, -0.2) is 0 Å². The number of Topliss-reactive ketones (excluding diaryl/α,β-unsaturated/α-hetero) is 1. The van der Waals surface area contributed by atoms with Gasteiger partial charge in [0.2, 0.25) is 0 Å². The number of anilines is 2. The lowest BCUT2D eigenvalue weighted by Gasteiger charge is -2.28. The van der Waals surface area contributed by atoms with Crippen LogP contribution in [0.25, 0.3) is 22.0 Å². The number of nitrogens with one attached hydrogen (secondary N) is 2. The molecule has 38 heavy (non-hydrogen) atoms. The quantitative estimate of drug-likeness (QED) is 0.212. The van der Waals surface area contributed by atoms with Crippen LogP contribution in [0.2, 0.25) is 10.0 Å². The number of carbonyl (C=O) groups is 1. The molecular formula is C29H29Cl2N5O2. The summed E-state index contributed by atoms with van der Waals surface area (Å²) < 4.78 is 2.05. The van der Waals surface area contributed by atoms with Crippen molar-refractivity contribution < 1.29 is 9.90 Å². The first kappa shape index (κ1) is 25.2. The van der Waals surface area contributed by atoms with E-state index in [4.69, 9.17) is 23.2 Å². The van der Waals surface area contributed by atoms with Gasteiger partial charge in [0.25, 0.3) is 0 Å². The molecule has 2 heterocycles. The Morgan fingerprint density at radius 3 is 2.42 bits per heavy atom. The topological polar surface area (TPSA) is 92.1 Å². The van der Waals surface area contributed by atoms with Crippen molar-refractivity contribution in [3.8, 4) is 16.9 Å². The van der Waals surface area contributed by atoms with Crippen LogP contribution in [-0.4, -0.2) is 38.7 Å². The summed E-state index contributed by atoms with van der Waals surface area (Å²) >= 11 is 12.4. The lowest BCUT2D eigenvalue weighted by Crippen LogP contribution is -2.31. The zero-order chi connectivity index (χ0) is 26.4. The highest BCUT2D eigenvalue weighted by Gasteiger charge is 2.33. The van der Waals surface area contributed by atoms with Crippen LogP contribution >= 0.6 is 23.2 Å². The average molecular weight is 550 g/mol. The van der Waals surface area contributed by atoms with Crippen LogP contribution in [0.15, 0.2) is 48.9 Å². The Balaban J connectivity index is 1.39. The third kappa shape index (κ3) is 4.86. The second-order valence-electron chi connectivity index (χ2n) is 10.3. The first-order valence-electron chi connectivity index (χ1n) is 13.0. The smallest absolute Gasteiger partial charge is 0.169 e. The molecule has 4 aromatic rings. The second-order valence-corrected chi connectivity index (χ2v) is 11.1. The molecule has 0 atom stereocenters.